The highest BCUT2D eigenvalue weighted by Crippen LogP contribution is 2.24. The van der Waals surface area contributed by atoms with Crippen LogP contribution in [0.15, 0.2) is 23.1 Å². The predicted molar refractivity (Wildman–Crippen MR) is 81.7 cm³/mol. The Morgan fingerprint density at radius 3 is 2.62 bits per heavy atom. The fraction of sp³-hybridized carbons (Fsp3) is 0.467. The number of benzene rings is 1. The van der Waals surface area contributed by atoms with E-state index < -0.39 is 10.0 Å². The summed E-state index contributed by atoms with van der Waals surface area (Å²) >= 11 is 0. The van der Waals surface area contributed by atoms with Crippen LogP contribution in [0.3, 0.4) is 0 Å². The van der Waals surface area contributed by atoms with Gasteiger partial charge in [-0.15, -0.1) is 0 Å². The van der Waals surface area contributed by atoms with E-state index in [2.05, 4.69) is 11.8 Å². The van der Waals surface area contributed by atoms with E-state index in [9.17, 15) is 8.42 Å². The van der Waals surface area contributed by atoms with Crippen LogP contribution in [-0.2, 0) is 10.0 Å². The quantitative estimate of drug-likeness (QED) is 0.836. The van der Waals surface area contributed by atoms with Crippen molar-refractivity contribution in [3.8, 4) is 17.6 Å². The first kappa shape index (κ1) is 17.5. The number of aliphatic hydroxyl groups excluding tert-OH is 1. The molecule has 0 aliphatic carbocycles. The van der Waals surface area contributed by atoms with Gasteiger partial charge in [0.05, 0.1) is 17.6 Å². The number of hydrogen-bond acceptors (Lipinski definition) is 4. The van der Waals surface area contributed by atoms with Crippen LogP contribution in [0.4, 0.5) is 0 Å². The molecule has 1 aromatic carbocycles. The van der Waals surface area contributed by atoms with E-state index >= 15 is 0 Å². The van der Waals surface area contributed by atoms with Crippen LogP contribution in [0.25, 0.3) is 0 Å². The Morgan fingerprint density at radius 1 is 1.43 bits per heavy atom. The second kappa shape index (κ2) is 7.46. The molecule has 1 atom stereocenters. The van der Waals surface area contributed by atoms with Gasteiger partial charge >= 0.3 is 0 Å². The Morgan fingerprint density at radius 2 is 2.10 bits per heavy atom. The summed E-state index contributed by atoms with van der Waals surface area (Å²) in [6, 6.07) is 4.44. The third kappa shape index (κ3) is 3.97. The van der Waals surface area contributed by atoms with Crippen molar-refractivity contribution in [3.05, 3.63) is 23.8 Å². The zero-order chi connectivity index (χ0) is 16.0. The second-order valence-electron chi connectivity index (χ2n) is 4.60. The molecule has 21 heavy (non-hydrogen) atoms. The van der Waals surface area contributed by atoms with E-state index in [4.69, 9.17) is 9.84 Å². The highest BCUT2D eigenvalue weighted by atomic mass is 32.2. The Bertz CT molecular complexity index is 643. The van der Waals surface area contributed by atoms with Gasteiger partial charge in [0.2, 0.25) is 10.0 Å². The minimum atomic E-state index is -3.58. The molecule has 1 rings (SSSR count). The highest BCUT2D eigenvalue weighted by molar-refractivity contribution is 7.89. The molecule has 0 saturated heterocycles. The first-order valence-electron chi connectivity index (χ1n) is 6.64. The lowest BCUT2D eigenvalue weighted by Gasteiger charge is -2.23. The molecule has 116 valence electrons. The van der Waals surface area contributed by atoms with Gasteiger partial charge in [0.1, 0.15) is 12.4 Å². The predicted octanol–water partition coefficient (Wildman–Crippen LogP) is 1.46. The van der Waals surface area contributed by atoms with Crippen molar-refractivity contribution in [1.82, 2.24) is 4.31 Å². The normalized spacial score (nSPS) is 12.7. The lowest BCUT2D eigenvalue weighted by Crippen LogP contribution is -2.34. The number of rotatable bonds is 5. The summed E-state index contributed by atoms with van der Waals surface area (Å²) in [5.41, 5.74) is 0.435. The van der Waals surface area contributed by atoms with Crippen molar-refractivity contribution in [2.24, 2.45) is 0 Å². The van der Waals surface area contributed by atoms with Gasteiger partial charge in [-0.25, -0.2) is 8.42 Å². The zero-order valence-electron chi connectivity index (χ0n) is 12.8. The lowest BCUT2D eigenvalue weighted by molar-refractivity contribution is 0.350. The SMILES string of the molecule is CCC(C)N(C)S(=O)(=O)c1ccc(OC)c(C#CCO)c1. The van der Waals surface area contributed by atoms with Gasteiger partial charge in [0.15, 0.2) is 0 Å². The molecule has 0 bridgehead atoms. The van der Waals surface area contributed by atoms with Crippen LogP contribution in [0.5, 0.6) is 5.75 Å². The van der Waals surface area contributed by atoms with E-state index in [1.54, 1.807) is 13.1 Å². The molecule has 0 radical (unpaired) electrons. The number of hydrogen-bond donors (Lipinski definition) is 1. The van der Waals surface area contributed by atoms with E-state index in [1.165, 1.54) is 23.5 Å². The molecule has 1 unspecified atom stereocenters. The molecule has 1 N–H and O–H groups in total. The van der Waals surface area contributed by atoms with Crippen LogP contribution in [-0.4, -0.2) is 44.6 Å². The van der Waals surface area contributed by atoms with Crippen LogP contribution in [0.1, 0.15) is 25.8 Å². The first-order valence-corrected chi connectivity index (χ1v) is 8.08. The van der Waals surface area contributed by atoms with Crippen molar-refractivity contribution in [3.63, 3.8) is 0 Å². The van der Waals surface area contributed by atoms with E-state index in [1.807, 2.05) is 13.8 Å². The molecule has 0 saturated carbocycles. The van der Waals surface area contributed by atoms with Crippen molar-refractivity contribution in [2.45, 2.75) is 31.2 Å². The maximum absolute atomic E-state index is 12.5. The molecule has 1 aromatic rings. The van der Waals surface area contributed by atoms with Crippen molar-refractivity contribution < 1.29 is 18.3 Å². The average molecular weight is 311 g/mol. The van der Waals surface area contributed by atoms with Gasteiger partial charge in [-0.1, -0.05) is 18.8 Å². The average Bonchev–Trinajstić information content (AvgIpc) is 2.50. The molecule has 0 fully saturated rings. The smallest absolute Gasteiger partial charge is 0.243 e. The van der Waals surface area contributed by atoms with Crippen LogP contribution < -0.4 is 4.74 Å². The standard InChI is InChI=1S/C15H21NO4S/c1-5-12(2)16(3)21(18,19)14-8-9-15(20-4)13(11-14)7-6-10-17/h8-9,11-12,17H,5,10H2,1-4H3. The summed E-state index contributed by atoms with van der Waals surface area (Å²) in [7, 11) is -0.528. The van der Waals surface area contributed by atoms with E-state index in [-0.39, 0.29) is 17.5 Å². The third-order valence-corrected chi connectivity index (χ3v) is 5.33. The van der Waals surface area contributed by atoms with Crippen LogP contribution >= 0.6 is 0 Å². The largest absolute Gasteiger partial charge is 0.495 e. The molecule has 5 nitrogen and oxygen atoms in total. The van der Waals surface area contributed by atoms with Crippen LogP contribution in [0.2, 0.25) is 0 Å². The van der Waals surface area contributed by atoms with Gasteiger partial charge in [0.25, 0.3) is 0 Å². The van der Waals surface area contributed by atoms with E-state index in [0.29, 0.717) is 11.3 Å². The van der Waals surface area contributed by atoms with Crippen molar-refractivity contribution in [1.29, 1.82) is 0 Å². The number of aliphatic hydroxyl groups is 1. The van der Waals surface area contributed by atoms with Gasteiger partial charge < -0.3 is 9.84 Å². The van der Waals surface area contributed by atoms with Crippen molar-refractivity contribution in [2.75, 3.05) is 20.8 Å². The first-order chi connectivity index (χ1) is 9.88. The minimum Gasteiger partial charge on any atom is -0.495 e. The Labute approximate surface area is 126 Å². The number of ether oxygens (including phenoxy) is 1. The lowest BCUT2D eigenvalue weighted by atomic mass is 10.2. The Hall–Kier alpha value is -1.55. The Balaban J connectivity index is 3.31. The summed E-state index contributed by atoms with van der Waals surface area (Å²) in [5.74, 6) is 5.67. The number of nitrogens with zero attached hydrogens (tertiary/aromatic N) is 1. The number of sulfonamides is 1. The second-order valence-corrected chi connectivity index (χ2v) is 6.60. The third-order valence-electron chi connectivity index (χ3n) is 3.36. The number of methoxy groups -OCH3 is 1. The minimum absolute atomic E-state index is 0.0934. The zero-order valence-corrected chi connectivity index (χ0v) is 13.6. The van der Waals surface area contributed by atoms with Gasteiger partial charge in [0, 0.05) is 13.1 Å². The van der Waals surface area contributed by atoms with Gasteiger partial charge in [-0.05, 0) is 31.5 Å². The molecule has 0 aliphatic rings. The molecule has 0 aliphatic heterocycles. The molecular formula is C15H21NO4S. The summed E-state index contributed by atoms with van der Waals surface area (Å²) in [4.78, 5) is 0.160. The molecule has 6 heteroatoms. The monoisotopic (exact) mass is 311 g/mol. The maximum atomic E-state index is 12.5. The topological polar surface area (TPSA) is 66.8 Å². The van der Waals surface area contributed by atoms with Gasteiger partial charge in [-0.3, -0.25) is 0 Å². The molecule has 0 heterocycles. The molecule has 0 amide bonds. The van der Waals surface area contributed by atoms with E-state index in [0.717, 1.165) is 6.42 Å². The fourth-order valence-electron chi connectivity index (χ4n) is 1.74. The summed E-state index contributed by atoms with van der Waals surface area (Å²) in [6.07, 6.45) is 0.725. The Kier molecular flexibility index (Phi) is 6.21. The fourth-order valence-corrected chi connectivity index (χ4v) is 3.20. The summed E-state index contributed by atoms with van der Waals surface area (Å²) in [6.45, 7) is 3.49. The molecule has 0 spiro atoms. The van der Waals surface area contributed by atoms with Gasteiger partial charge in [-0.2, -0.15) is 4.31 Å². The molecular weight excluding hydrogens is 290 g/mol. The summed E-state index contributed by atoms with van der Waals surface area (Å²) in [5, 5.41) is 8.77. The molecule has 0 aromatic heterocycles. The maximum Gasteiger partial charge on any atom is 0.243 e. The van der Waals surface area contributed by atoms with Crippen molar-refractivity contribution >= 4 is 10.0 Å². The van der Waals surface area contributed by atoms with Crippen LogP contribution in [0, 0.1) is 11.8 Å². The highest BCUT2D eigenvalue weighted by Gasteiger charge is 2.25. The summed E-state index contributed by atoms with van der Waals surface area (Å²) < 4.78 is 31.6.